The molecule has 0 saturated heterocycles. The fraction of sp³-hybridized carbons (Fsp3) is 0.533. The fourth-order valence-corrected chi connectivity index (χ4v) is 5.07. The Bertz CT molecular complexity index is 980. The molecule has 2 amide bonds. The SMILES string of the molecule is CCOc1cc(OCC)cc(C(C)N(CCCCc2ccccc2)C(=O)NC2(C(=O)OC)CCCC2)c1. The summed E-state index contributed by atoms with van der Waals surface area (Å²) in [5.41, 5.74) is 1.25. The van der Waals surface area contributed by atoms with Gasteiger partial charge in [-0.3, -0.25) is 0 Å². The number of hydrogen-bond donors (Lipinski definition) is 1. The highest BCUT2D eigenvalue weighted by Gasteiger charge is 2.44. The number of carbonyl (C=O) groups excluding carboxylic acids is 2. The smallest absolute Gasteiger partial charge is 0.331 e. The normalized spacial score (nSPS) is 15.0. The number of ether oxygens (including phenoxy) is 3. The van der Waals surface area contributed by atoms with E-state index in [9.17, 15) is 9.59 Å². The molecule has 0 bridgehead atoms. The predicted octanol–water partition coefficient (Wildman–Crippen LogP) is 6.07. The molecule has 2 aromatic carbocycles. The number of urea groups is 1. The van der Waals surface area contributed by atoms with Gasteiger partial charge in [0.15, 0.2) is 0 Å². The number of hydrogen-bond acceptors (Lipinski definition) is 5. The molecule has 37 heavy (non-hydrogen) atoms. The summed E-state index contributed by atoms with van der Waals surface area (Å²) in [6.07, 6.45) is 5.69. The summed E-state index contributed by atoms with van der Waals surface area (Å²) < 4.78 is 16.7. The van der Waals surface area contributed by atoms with Crippen molar-refractivity contribution in [3.05, 3.63) is 59.7 Å². The van der Waals surface area contributed by atoms with Crippen LogP contribution in [0.2, 0.25) is 0 Å². The van der Waals surface area contributed by atoms with Gasteiger partial charge in [0, 0.05) is 12.6 Å². The Morgan fingerprint density at radius 2 is 1.59 bits per heavy atom. The van der Waals surface area contributed by atoms with Crippen molar-refractivity contribution in [3.63, 3.8) is 0 Å². The van der Waals surface area contributed by atoms with Gasteiger partial charge >= 0.3 is 12.0 Å². The van der Waals surface area contributed by atoms with Crippen LogP contribution in [0.1, 0.15) is 76.5 Å². The molecule has 202 valence electrons. The number of unbranched alkanes of at least 4 members (excludes halogenated alkanes) is 1. The summed E-state index contributed by atoms with van der Waals surface area (Å²) in [5.74, 6) is 1.05. The van der Waals surface area contributed by atoms with Crippen molar-refractivity contribution >= 4 is 12.0 Å². The quantitative estimate of drug-likeness (QED) is 0.262. The molecule has 1 saturated carbocycles. The highest BCUT2D eigenvalue weighted by Crippen LogP contribution is 2.33. The Hall–Kier alpha value is -3.22. The predicted molar refractivity (Wildman–Crippen MR) is 145 cm³/mol. The minimum atomic E-state index is -0.961. The summed E-state index contributed by atoms with van der Waals surface area (Å²) in [7, 11) is 1.38. The third kappa shape index (κ3) is 7.63. The number of carbonyl (C=O) groups is 2. The van der Waals surface area contributed by atoms with Crippen molar-refractivity contribution in [2.24, 2.45) is 0 Å². The van der Waals surface area contributed by atoms with E-state index < -0.39 is 5.54 Å². The number of nitrogens with one attached hydrogen (secondary N) is 1. The standard InChI is InChI=1S/C30H42N2O5/c1-5-36-26-20-25(21-27(22-26)37-6-2)23(3)32(19-13-10-16-24-14-8-7-9-15-24)29(34)31-30(28(33)35-4)17-11-12-18-30/h7-9,14-15,20-23H,5-6,10-13,16-19H2,1-4H3,(H,31,34). The van der Waals surface area contributed by atoms with Crippen molar-refractivity contribution in [1.29, 1.82) is 0 Å². The maximum Gasteiger partial charge on any atom is 0.331 e. The Labute approximate surface area is 221 Å². The fourth-order valence-electron chi connectivity index (χ4n) is 5.07. The van der Waals surface area contributed by atoms with Gasteiger partial charge < -0.3 is 24.4 Å². The molecule has 1 aliphatic rings. The number of methoxy groups -OCH3 is 1. The number of aryl methyl sites for hydroxylation is 1. The zero-order valence-corrected chi connectivity index (χ0v) is 22.8. The zero-order chi connectivity index (χ0) is 26.7. The second kappa shape index (κ2) is 13.9. The Morgan fingerprint density at radius 1 is 0.973 bits per heavy atom. The van der Waals surface area contributed by atoms with E-state index in [0.29, 0.717) is 44.1 Å². The van der Waals surface area contributed by atoms with Crippen LogP contribution in [-0.4, -0.2) is 49.3 Å². The van der Waals surface area contributed by atoms with Gasteiger partial charge in [0.25, 0.3) is 0 Å². The van der Waals surface area contributed by atoms with Gasteiger partial charge in [-0.1, -0.05) is 43.2 Å². The zero-order valence-electron chi connectivity index (χ0n) is 22.8. The van der Waals surface area contributed by atoms with E-state index in [-0.39, 0.29) is 18.0 Å². The van der Waals surface area contributed by atoms with Crippen molar-refractivity contribution < 1.29 is 23.8 Å². The lowest BCUT2D eigenvalue weighted by Crippen LogP contribution is -2.57. The summed E-state index contributed by atoms with van der Waals surface area (Å²) in [5, 5.41) is 3.08. The second-order valence-corrected chi connectivity index (χ2v) is 9.63. The number of nitrogens with zero attached hydrogens (tertiary/aromatic N) is 1. The van der Waals surface area contributed by atoms with Gasteiger partial charge in [-0.25, -0.2) is 9.59 Å². The van der Waals surface area contributed by atoms with Crippen molar-refractivity contribution in [2.45, 2.75) is 77.3 Å². The molecule has 0 heterocycles. The number of amides is 2. The van der Waals surface area contributed by atoms with Gasteiger partial charge in [0.1, 0.15) is 17.0 Å². The summed E-state index contributed by atoms with van der Waals surface area (Å²) in [6.45, 7) is 7.52. The van der Waals surface area contributed by atoms with Crippen LogP contribution >= 0.6 is 0 Å². The third-order valence-electron chi connectivity index (χ3n) is 7.07. The molecular formula is C30H42N2O5. The second-order valence-electron chi connectivity index (χ2n) is 9.63. The molecule has 7 heteroatoms. The Kier molecular flexibility index (Phi) is 10.7. The first-order valence-electron chi connectivity index (χ1n) is 13.5. The van der Waals surface area contributed by atoms with Gasteiger partial charge in [-0.05, 0) is 76.1 Å². The minimum absolute atomic E-state index is 0.251. The lowest BCUT2D eigenvalue weighted by atomic mass is 9.97. The third-order valence-corrected chi connectivity index (χ3v) is 7.07. The van der Waals surface area contributed by atoms with Gasteiger partial charge in [-0.15, -0.1) is 0 Å². The largest absolute Gasteiger partial charge is 0.494 e. The minimum Gasteiger partial charge on any atom is -0.494 e. The van der Waals surface area contributed by atoms with Crippen LogP contribution in [0.25, 0.3) is 0 Å². The first-order valence-corrected chi connectivity index (χ1v) is 13.5. The maximum absolute atomic E-state index is 13.8. The highest BCUT2D eigenvalue weighted by atomic mass is 16.5. The van der Waals surface area contributed by atoms with Crippen LogP contribution in [0.15, 0.2) is 48.5 Å². The number of benzene rings is 2. The maximum atomic E-state index is 13.8. The van der Waals surface area contributed by atoms with Crippen LogP contribution in [0.4, 0.5) is 4.79 Å². The molecule has 1 fully saturated rings. The van der Waals surface area contributed by atoms with E-state index in [4.69, 9.17) is 14.2 Å². The lowest BCUT2D eigenvalue weighted by Gasteiger charge is -2.35. The van der Waals surface area contributed by atoms with Crippen LogP contribution in [0.3, 0.4) is 0 Å². The first-order chi connectivity index (χ1) is 17.9. The van der Waals surface area contributed by atoms with Gasteiger partial charge in [0.2, 0.25) is 0 Å². The van der Waals surface area contributed by atoms with Crippen LogP contribution in [0, 0.1) is 0 Å². The molecule has 0 aromatic heterocycles. The Morgan fingerprint density at radius 3 is 2.16 bits per heavy atom. The van der Waals surface area contributed by atoms with E-state index >= 15 is 0 Å². The van der Waals surface area contributed by atoms with E-state index in [1.165, 1.54) is 12.7 Å². The Balaban J connectivity index is 1.82. The molecule has 1 N–H and O–H groups in total. The van der Waals surface area contributed by atoms with Gasteiger partial charge in [-0.2, -0.15) is 0 Å². The lowest BCUT2D eigenvalue weighted by molar-refractivity contribution is -0.148. The molecule has 1 aliphatic carbocycles. The van der Waals surface area contributed by atoms with Crippen LogP contribution in [-0.2, 0) is 16.0 Å². The van der Waals surface area contributed by atoms with Crippen molar-refractivity contribution in [3.8, 4) is 11.5 Å². The van der Waals surface area contributed by atoms with Crippen molar-refractivity contribution in [1.82, 2.24) is 10.2 Å². The molecule has 2 aromatic rings. The average Bonchev–Trinajstić information content (AvgIpc) is 3.38. The molecular weight excluding hydrogens is 468 g/mol. The molecule has 0 aliphatic heterocycles. The van der Waals surface area contributed by atoms with E-state index in [1.807, 2.05) is 62.1 Å². The van der Waals surface area contributed by atoms with E-state index in [2.05, 4.69) is 17.4 Å². The summed E-state index contributed by atoms with van der Waals surface area (Å²) >= 11 is 0. The molecule has 0 radical (unpaired) electrons. The molecule has 3 rings (SSSR count). The van der Waals surface area contributed by atoms with Crippen molar-refractivity contribution in [2.75, 3.05) is 26.9 Å². The molecule has 1 unspecified atom stereocenters. The summed E-state index contributed by atoms with van der Waals surface area (Å²) in [6, 6.07) is 15.7. The monoisotopic (exact) mass is 510 g/mol. The average molecular weight is 511 g/mol. The van der Waals surface area contributed by atoms with Crippen LogP contribution in [0.5, 0.6) is 11.5 Å². The van der Waals surface area contributed by atoms with Crippen LogP contribution < -0.4 is 14.8 Å². The van der Waals surface area contributed by atoms with Gasteiger partial charge in [0.05, 0.1) is 26.4 Å². The number of esters is 1. The van der Waals surface area contributed by atoms with E-state index in [0.717, 1.165) is 37.7 Å². The summed E-state index contributed by atoms with van der Waals surface area (Å²) in [4.78, 5) is 28.3. The molecule has 1 atom stereocenters. The molecule has 0 spiro atoms. The van der Waals surface area contributed by atoms with E-state index in [1.54, 1.807) is 0 Å². The first kappa shape index (κ1) is 28.4. The highest BCUT2D eigenvalue weighted by molar-refractivity contribution is 5.88. The molecule has 7 nitrogen and oxygen atoms in total. The topological polar surface area (TPSA) is 77.1 Å². The number of rotatable bonds is 13.